The quantitative estimate of drug-likeness (QED) is 0.334. The number of esters is 2. The molecule has 0 spiro atoms. The first-order valence-electron chi connectivity index (χ1n) is 8.44. The molecule has 8 heteroatoms. The number of halogens is 1. The second-order valence-corrected chi connectivity index (χ2v) is 6.04. The summed E-state index contributed by atoms with van der Waals surface area (Å²) in [4.78, 5) is 25.4. The van der Waals surface area contributed by atoms with Gasteiger partial charge >= 0.3 is 11.9 Å². The summed E-state index contributed by atoms with van der Waals surface area (Å²) in [5.41, 5.74) is 1.56. The molecule has 7 nitrogen and oxygen atoms in total. The second kappa shape index (κ2) is 9.23. The van der Waals surface area contributed by atoms with Crippen LogP contribution in [0.3, 0.4) is 0 Å². The topological polar surface area (TPSA) is 97.2 Å². The van der Waals surface area contributed by atoms with Crippen LogP contribution in [0.4, 0.5) is 0 Å². The molecule has 2 N–H and O–H groups in total. The largest absolute Gasteiger partial charge is 0.463 e. The third-order valence-electron chi connectivity index (χ3n) is 3.99. The number of hydrogen-bond donors (Lipinski definition) is 2. The van der Waals surface area contributed by atoms with Crippen molar-refractivity contribution in [1.82, 2.24) is 5.32 Å². The summed E-state index contributed by atoms with van der Waals surface area (Å²) in [6.07, 6.45) is 1.08. The summed E-state index contributed by atoms with van der Waals surface area (Å²) < 4.78 is 10.4. The standard InChI is InChI=1S/C19H21ClN2O5/c1-4-26-18(23)15-11(3)22-14(10-21-25)17(19(24)27-5-2)16(15)12-8-6-7-9-13(12)20/h6-10,16,22,25H,4-5H2,1-3H3/b21-10+. The van der Waals surface area contributed by atoms with Crippen molar-refractivity contribution in [3.05, 3.63) is 57.4 Å². The summed E-state index contributed by atoms with van der Waals surface area (Å²) in [5, 5.41) is 15.3. The first-order valence-corrected chi connectivity index (χ1v) is 8.82. The Bertz CT molecular complexity index is 829. The van der Waals surface area contributed by atoms with Crippen molar-refractivity contribution in [3.63, 3.8) is 0 Å². The molecule has 2 rings (SSSR count). The van der Waals surface area contributed by atoms with Crippen LogP contribution in [-0.2, 0) is 19.1 Å². The van der Waals surface area contributed by atoms with Crippen LogP contribution in [0.15, 0.2) is 52.0 Å². The van der Waals surface area contributed by atoms with Crippen molar-refractivity contribution in [2.75, 3.05) is 13.2 Å². The Hall–Kier alpha value is -2.80. The fourth-order valence-electron chi connectivity index (χ4n) is 2.95. The molecule has 1 atom stereocenters. The van der Waals surface area contributed by atoms with E-state index in [-0.39, 0.29) is 30.1 Å². The SMILES string of the molecule is CCOC(=O)C1=C(C)NC(/C=N/O)=C(C(=O)OCC)C1c1ccccc1Cl. The number of benzene rings is 1. The molecule has 0 fully saturated rings. The molecule has 1 aliphatic heterocycles. The second-order valence-electron chi connectivity index (χ2n) is 5.63. The van der Waals surface area contributed by atoms with E-state index in [2.05, 4.69) is 10.5 Å². The van der Waals surface area contributed by atoms with Crippen LogP contribution in [0, 0.1) is 0 Å². The molecule has 0 radical (unpaired) electrons. The van der Waals surface area contributed by atoms with Crippen molar-refractivity contribution in [2.45, 2.75) is 26.7 Å². The maximum absolute atomic E-state index is 12.7. The number of hydrogen-bond acceptors (Lipinski definition) is 7. The summed E-state index contributed by atoms with van der Waals surface area (Å²) in [5.74, 6) is -2.07. The molecular formula is C19H21ClN2O5. The molecule has 0 saturated heterocycles. The number of carbonyl (C=O) groups excluding carboxylic acids is 2. The zero-order valence-corrected chi connectivity index (χ0v) is 16.0. The summed E-state index contributed by atoms with van der Waals surface area (Å²) in [7, 11) is 0. The van der Waals surface area contributed by atoms with Gasteiger partial charge in [-0.15, -0.1) is 0 Å². The van der Waals surface area contributed by atoms with Crippen LogP contribution in [0.1, 0.15) is 32.3 Å². The molecule has 0 aliphatic carbocycles. The molecule has 144 valence electrons. The number of rotatable bonds is 6. The minimum Gasteiger partial charge on any atom is -0.463 e. The molecule has 0 amide bonds. The van der Waals surface area contributed by atoms with E-state index in [1.807, 2.05) is 0 Å². The number of dihydropyridines is 1. The van der Waals surface area contributed by atoms with Gasteiger partial charge in [-0.25, -0.2) is 9.59 Å². The van der Waals surface area contributed by atoms with Gasteiger partial charge in [-0.05, 0) is 32.4 Å². The third-order valence-corrected chi connectivity index (χ3v) is 4.33. The average molecular weight is 393 g/mol. The number of nitrogens with one attached hydrogen (secondary N) is 1. The lowest BCUT2D eigenvalue weighted by Crippen LogP contribution is -2.34. The van der Waals surface area contributed by atoms with Crippen molar-refractivity contribution in [3.8, 4) is 0 Å². The van der Waals surface area contributed by atoms with E-state index in [0.29, 0.717) is 16.3 Å². The highest BCUT2D eigenvalue weighted by Crippen LogP contribution is 2.41. The molecule has 0 saturated carbocycles. The van der Waals surface area contributed by atoms with Crippen LogP contribution in [0.5, 0.6) is 0 Å². The van der Waals surface area contributed by atoms with Gasteiger partial charge in [0.05, 0.1) is 42.2 Å². The molecule has 1 aliphatic rings. The number of nitrogens with zero attached hydrogens (tertiary/aromatic N) is 1. The van der Waals surface area contributed by atoms with Gasteiger partial charge in [0, 0.05) is 10.7 Å². The zero-order chi connectivity index (χ0) is 20.0. The summed E-state index contributed by atoms with van der Waals surface area (Å²) in [6.45, 7) is 5.35. The molecule has 1 aromatic carbocycles. The van der Waals surface area contributed by atoms with Crippen LogP contribution >= 0.6 is 11.6 Å². The molecule has 1 unspecified atom stereocenters. The zero-order valence-electron chi connectivity index (χ0n) is 15.3. The summed E-state index contributed by atoms with van der Waals surface area (Å²) >= 11 is 6.37. The normalized spacial score (nSPS) is 17.1. The monoisotopic (exact) mass is 392 g/mol. The molecule has 1 aromatic rings. The van der Waals surface area contributed by atoms with Gasteiger partial charge in [-0.1, -0.05) is 35.0 Å². The number of allylic oxidation sites excluding steroid dienone is 2. The van der Waals surface area contributed by atoms with Crippen molar-refractivity contribution in [1.29, 1.82) is 0 Å². The fraction of sp³-hybridized carbons (Fsp3) is 0.316. The molecular weight excluding hydrogens is 372 g/mol. The predicted octanol–water partition coefficient (Wildman–Crippen LogP) is 3.14. The lowest BCUT2D eigenvalue weighted by Gasteiger charge is -2.30. The van der Waals surface area contributed by atoms with Crippen LogP contribution < -0.4 is 5.32 Å². The Morgan fingerprint density at radius 3 is 2.33 bits per heavy atom. The van der Waals surface area contributed by atoms with Gasteiger partial charge in [0.1, 0.15) is 0 Å². The van der Waals surface area contributed by atoms with Gasteiger partial charge in [-0.3, -0.25) is 0 Å². The Labute approximate surface area is 162 Å². The molecule has 0 bridgehead atoms. The number of carbonyl (C=O) groups is 2. The van der Waals surface area contributed by atoms with E-state index in [4.69, 9.17) is 26.3 Å². The van der Waals surface area contributed by atoms with E-state index in [0.717, 1.165) is 6.21 Å². The van der Waals surface area contributed by atoms with E-state index >= 15 is 0 Å². The minimum atomic E-state index is -0.842. The highest BCUT2D eigenvalue weighted by Gasteiger charge is 2.39. The Kier molecular flexibility index (Phi) is 7.01. The molecule has 0 aromatic heterocycles. The number of oxime groups is 1. The molecule has 27 heavy (non-hydrogen) atoms. The van der Waals surface area contributed by atoms with E-state index in [1.165, 1.54) is 0 Å². The maximum Gasteiger partial charge on any atom is 0.337 e. The number of ether oxygens (including phenoxy) is 2. The lowest BCUT2D eigenvalue weighted by atomic mass is 9.80. The van der Waals surface area contributed by atoms with E-state index in [1.54, 1.807) is 45.0 Å². The Morgan fingerprint density at radius 1 is 1.19 bits per heavy atom. The highest BCUT2D eigenvalue weighted by atomic mass is 35.5. The molecule has 1 heterocycles. The third kappa shape index (κ3) is 4.31. The summed E-state index contributed by atoms with van der Waals surface area (Å²) in [6, 6.07) is 6.89. The van der Waals surface area contributed by atoms with E-state index in [9.17, 15) is 9.59 Å². The predicted molar refractivity (Wildman–Crippen MR) is 101 cm³/mol. The van der Waals surface area contributed by atoms with Crippen molar-refractivity contribution in [2.24, 2.45) is 5.16 Å². The van der Waals surface area contributed by atoms with Gasteiger partial charge in [0.15, 0.2) is 0 Å². The van der Waals surface area contributed by atoms with Crippen LogP contribution in [0.25, 0.3) is 0 Å². The van der Waals surface area contributed by atoms with Gasteiger partial charge in [-0.2, -0.15) is 0 Å². The first-order chi connectivity index (χ1) is 13.0. The van der Waals surface area contributed by atoms with Crippen molar-refractivity contribution < 1.29 is 24.3 Å². The van der Waals surface area contributed by atoms with Crippen LogP contribution in [0.2, 0.25) is 5.02 Å². The van der Waals surface area contributed by atoms with Gasteiger partial charge in [0.25, 0.3) is 0 Å². The maximum atomic E-state index is 12.7. The minimum absolute atomic E-state index is 0.108. The van der Waals surface area contributed by atoms with Crippen molar-refractivity contribution >= 4 is 29.8 Å². The van der Waals surface area contributed by atoms with Gasteiger partial charge < -0.3 is 20.0 Å². The average Bonchev–Trinajstić information content (AvgIpc) is 2.62. The lowest BCUT2D eigenvalue weighted by molar-refractivity contribution is -0.139. The highest BCUT2D eigenvalue weighted by molar-refractivity contribution is 6.31. The smallest absolute Gasteiger partial charge is 0.337 e. The Balaban J connectivity index is 2.76. The first kappa shape index (κ1) is 20.5. The van der Waals surface area contributed by atoms with Crippen LogP contribution in [-0.4, -0.2) is 36.6 Å². The Morgan fingerprint density at radius 2 is 1.78 bits per heavy atom. The van der Waals surface area contributed by atoms with Gasteiger partial charge in [0.2, 0.25) is 0 Å². The fourth-order valence-corrected chi connectivity index (χ4v) is 3.19. The van der Waals surface area contributed by atoms with E-state index < -0.39 is 17.9 Å².